The Hall–Kier alpha value is -4.44. The molecule has 21 heteroatoms. The maximum atomic E-state index is 12.6. The number of piperidine rings is 1. The van der Waals surface area contributed by atoms with Gasteiger partial charge in [-0.3, -0.25) is 38.7 Å². The molecule has 6 saturated heterocycles. The number of likely N-dealkylation sites (tertiary alicyclic amines) is 1. The summed E-state index contributed by atoms with van der Waals surface area (Å²) in [5.41, 5.74) is -3.82. The summed E-state index contributed by atoms with van der Waals surface area (Å²) in [5, 5.41) is 14.4. The standard InChI is InChI=1S/C16H27N3O4.C13H22N4O4.C10H18N4O2/c1-15(2,3)23-12(20)10-16(4)13(21)19(14(22)17-16)11-18-8-6-5-7-9-18;1-3-21-10(18)8-13(2)11(19)17(12(20)15-13)9-16-6-4-14-5-7-16;1-10(2)8(15)14(9(16)12-10)7-13-5-3-11-4-6-13/h5-11H2,1-4H3,(H,17,22);14H,3-9H2,1-2H3,(H,15,20);11H,3-7H2,1-2H3,(H,12,16). The molecule has 9 amide bonds. The zero-order valence-corrected chi connectivity index (χ0v) is 36.7. The molecule has 338 valence electrons. The number of hydrogen-bond acceptors (Lipinski definition) is 15. The van der Waals surface area contributed by atoms with Gasteiger partial charge < -0.3 is 36.1 Å². The number of carbonyl (C=O) groups is 8. The van der Waals surface area contributed by atoms with Crippen LogP contribution in [0.3, 0.4) is 0 Å². The molecule has 5 N–H and O–H groups in total. The first kappa shape index (κ1) is 48.2. The molecule has 60 heavy (non-hydrogen) atoms. The number of piperazine rings is 2. The molecule has 0 aromatic carbocycles. The van der Waals surface area contributed by atoms with Crippen LogP contribution in [0.15, 0.2) is 0 Å². The van der Waals surface area contributed by atoms with Crippen molar-refractivity contribution >= 4 is 47.8 Å². The van der Waals surface area contributed by atoms with Crippen molar-refractivity contribution in [2.75, 3.05) is 92.1 Å². The average Bonchev–Trinajstić information content (AvgIpc) is 3.60. The van der Waals surface area contributed by atoms with Crippen molar-refractivity contribution in [1.29, 1.82) is 0 Å². The molecule has 6 rings (SSSR count). The molecular formula is C39H67N11O10. The maximum Gasteiger partial charge on any atom is 0.326 e. The van der Waals surface area contributed by atoms with Gasteiger partial charge in [0, 0.05) is 52.4 Å². The first-order valence-electron chi connectivity index (χ1n) is 21.0. The first-order chi connectivity index (χ1) is 28.1. The minimum atomic E-state index is -1.23. The number of urea groups is 3. The quantitative estimate of drug-likeness (QED) is 0.133. The van der Waals surface area contributed by atoms with E-state index < -0.39 is 46.2 Å². The van der Waals surface area contributed by atoms with Gasteiger partial charge in [0.15, 0.2) is 0 Å². The number of carbonyl (C=O) groups excluding carboxylic acids is 8. The van der Waals surface area contributed by atoms with Gasteiger partial charge in [-0.15, -0.1) is 0 Å². The van der Waals surface area contributed by atoms with Crippen LogP contribution in [0.2, 0.25) is 0 Å². The Labute approximate surface area is 352 Å². The van der Waals surface area contributed by atoms with Crippen LogP contribution >= 0.6 is 0 Å². The summed E-state index contributed by atoms with van der Waals surface area (Å²) in [5.74, 6) is -1.86. The Morgan fingerprint density at radius 2 is 0.950 bits per heavy atom. The summed E-state index contributed by atoms with van der Waals surface area (Å²) in [4.78, 5) is 106. The second kappa shape index (κ2) is 20.4. The number of nitrogens with one attached hydrogen (secondary N) is 5. The highest BCUT2D eigenvalue weighted by atomic mass is 16.6. The molecule has 6 aliphatic rings. The van der Waals surface area contributed by atoms with Gasteiger partial charge in [-0.1, -0.05) is 6.42 Å². The highest BCUT2D eigenvalue weighted by Crippen LogP contribution is 2.25. The molecule has 6 fully saturated rings. The topological polar surface area (TPSA) is 235 Å². The van der Waals surface area contributed by atoms with Gasteiger partial charge in [0.25, 0.3) is 17.7 Å². The van der Waals surface area contributed by atoms with Gasteiger partial charge in [-0.25, -0.2) is 29.1 Å². The third-order valence-electron chi connectivity index (χ3n) is 10.7. The van der Waals surface area contributed by atoms with Crippen molar-refractivity contribution in [2.45, 2.75) is 110 Å². The smallest absolute Gasteiger partial charge is 0.326 e. The van der Waals surface area contributed by atoms with E-state index in [1.165, 1.54) is 21.1 Å². The molecule has 0 radical (unpaired) electrons. The van der Waals surface area contributed by atoms with Crippen molar-refractivity contribution < 1.29 is 47.8 Å². The number of esters is 2. The van der Waals surface area contributed by atoms with Crippen LogP contribution in [0.1, 0.15) is 87.5 Å². The van der Waals surface area contributed by atoms with E-state index >= 15 is 0 Å². The predicted octanol–water partition coefficient (Wildman–Crippen LogP) is -0.236. The number of ether oxygens (including phenoxy) is 2. The normalized spacial score (nSPS) is 26.4. The Bertz CT molecular complexity index is 1600. The zero-order chi connectivity index (χ0) is 44.5. The molecule has 6 aliphatic heterocycles. The Balaban J connectivity index is 0.000000201. The monoisotopic (exact) mass is 850 g/mol. The molecule has 0 bridgehead atoms. The maximum absolute atomic E-state index is 12.6. The van der Waals surface area contributed by atoms with E-state index in [9.17, 15) is 38.4 Å². The van der Waals surface area contributed by atoms with Crippen molar-refractivity contribution in [1.82, 2.24) is 56.0 Å². The third kappa shape index (κ3) is 13.0. The van der Waals surface area contributed by atoms with Crippen molar-refractivity contribution in [3.63, 3.8) is 0 Å². The molecular weight excluding hydrogens is 782 g/mol. The number of nitrogens with zero attached hydrogens (tertiary/aromatic N) is 6. The van der Waals surface area contributed by atoms with Gasteiger partial charge in [0.2, 0.25) is 0 Å². The molecule has 0 spiro atoms. The highest BCUT2D eigenvalue weighted by molar-refractivity contribution is 6.09. The summed E-state index contributed by atoms with van der Waals surface area (Å²) in [6, 6.07) is -1.18. The van der Waals surface area contributed by atoms with Crippen LogP contribution in [-0.4, -0.2) is 191 Å². The largest absolute Gasteiger partial charge is 0.466 e. The average molecular weight is 850 g/mol. The summed E-state index contributed by atoms with van der Waals surface area (Å²) in [7, 11) is 0. The van der Waals surface area contributed by atoms with Crippen LogP contribution < -0.4 is 26.6 Å². The molecule has 0 aliphatic carbocycles. The first-order valence-corrected chi connectivity index (χ1v) is 21.0. The number of imide groups is 3. The number of amides is 9. The van der Waals surface area contributed by atoms with Crippen molar-refractivity contribution in [3.8, 4) is 0 Å². The molecule has 21 nitrogen and oxygen atoms in total. The predicted molar refractivity (Wildman–Crippen MR) is 218 cm³/mol. The fourth-order valence-electron chi connectivity index (χ4n) is 7.51. The van der Waals surface area contributed by atoms with Crippen LogP contribution in [0, 0.1) is 0 Å². The zero-order valence-electron chi connectivity index (χ0n) is 36.7. The fourth-order valence-corrected chi connectivity index (χ4v) is 7.51. The van der Waals surface area contributed by atoms with E-state index in [1.807, 2.05) is 4.90 Å². The summed E-state index contributed by atoms with van der Waals surface area (Å²) < 4.78 is 10.1. The van der Waals surface area contributed by atoms with E-state index in [1.54, 1.807) is 55.4 Å². The fraction of sp³-hybridized carbons (Fsp3) is 0.795. The third-order valence-corrected chi connectivity index (χ3v) is 10.7. The lowest BCUT2D eigenvalue weighted by Crippen LogP contribution is -2.50. The SMILES string of the molecule is CC(C)(C)OC(=O)CC1(C)NC(=O)N(CN2CCCCC2)C1=O.CC1(C)NC(=O)N(CN2CCNCC2)C1=O.CCOC(=O)CC1(C)NC(=O)N(CN2CCNCC2)C1=O. The lowest BCUT2D eigenvalue weighted by atomic mass is 9.98. The van der Waals surface area contributed by atoms with E-state index in [0.717, 1.165) is 78.3 Å². The van der Waals surface area contributed by atoms with Gasteiger partial charge in [-0.05, 0) is 81.3 Å². The highest BCUT2D eigenvalue weighted by Gasteiger charge is 2.51. The summed E-state index contributed by atoms with van der Waals surface area (Å²) >= 11 is 0. The van der Waals surface area contributed by atoms with Crippen molar-refractivity contribution in [2.24, 2.45) is 0 Å². The number of rotatable bonds is 11. The lowest BCUT2D eigenvalue weighted by Gasteiger charge is -2.30. The van der Waals surface area contributed by atoms with Gasteiger partial charge in [0.1, 0.15) is 22.2 Å². The van der Waals surface area contributed by atoms with Crippen LogP contribution in [0.4, 0.5) is 14.4 Å². The van der Waals surface area contributed by atoms with Crippen LogP contribution in [0.5, 0.6) is 0 Å². The lowest BCUT2D eigenvalue weighted by molar-refractivity contribution is -0.158. The second-order valence-corrected chi connectivity index (χ2v) is 17.9. The van der Waals surface area contributed by atoms with Crippen LogP contribution in [-0.2, 0) is 33.4 Å². The van der Waals surface area contributed by atoms with E-state index in [4.69, 9.17) is 9.47 Å². The minimum Gasteiger partial charge on any atom is -0.466 e. The summed E-state index contributed by atoms with van der Waals surface area (Å²) in [6.45, 7) is 23.4. The molecule has 0 saturated carbocycles. The Kier molecular flexibility index (Phi) is 16.4. The minimum absolute atomic E-state index is 0.143. The summed E-state index contributed by atoms with van der Waals surface area (Å²) in [6.07, 6.45) is 3.04. The van der Waals surface area contributed by atoms with Gasteiger partial charge in [0.05, 0.1) is 39.5 Å². The molecule has 2 unspecified atom stereocenters. The second-order valence-electron chi connectivity index (χ2n) is 17.9. The number of hydrogen-bond donors (Lipinski definition) is 5. The molecule has 6 heterocycles. The Morgan fingerprint density at radius 1 is 0.567 bits per heavy atom. The van der Waals surface area contributed by atoms with Crippen molar-refractivity contribution in [3.05, 3.63) is 0 Å². The van der Waals surface area contributed by atoms with E-state index in [2.05, 4.69) is 36.4 Å². The van der Waals surface area contributed by atoms with E-state index in [-0.39, 0.29) is 56.5 Å². The van der Waals surface area contributed by atoms with Gasteiger partial charge >= 0.3 is 30.0 Å². The van der Waals surface area contributed by atoms with Gasteiger partial charge in [-0.2, -0.15) is 0 Å². The van der Waals surface area contributed by atoms with E-state index in [0.29, 0.717) is 6.67 Å². The molecule has 0 aromatic heterocycles. The Morgan fingerprint density at radius 3 is 1.33 bits per heavy atom. The van der Waals surface area contributed by atoms with Crippen LogP contribution in [0.25, 0.3) is 0 Å². The molecule has 2 atom stereocenters. The molecule has 0 aromatic rings.